The monoisotopic (exact) mass is 310 g/mol. The smallest absolute Gasteiger partial charge is 0.0408 e. The van der Waals surface area contributed by atoms with Crippen molar-refractivity contribution < 1.29 is 0 Å². The summed E-state index contributed by atoms with van der Waals surface area (Å²) in [5.41, 5.74) is 7.39. The summed E-state index contributed by atoms with van der Waals surface area (Å²) in [4.78, 5) is 0. The molecule has 0 atom stereocenters. The van der Waals surface area contributed by atoms with Crippen molar-refractivity contribution in [2.75, 3.05) is 0 Å². The Bertz CT molecular complexity index is 1100. The molecular weight excluding hydrogens is 288 g/mol. The summed E-state index contributed by atoms with van der Waals surface area (Å²) in [6, 6.07) is 8.78. The molecule has 0 N–H and O–H groups in total. The quantitative estimate of drug-likeness (QED) is 0.354. The fourth-order valence-corrected chi connectivity index (χ4v) is 3.57. The van der Waals surface area contributed by atoms with Crippen molar-refractivity contribution in [1.29, 1.82) is 0 Å². The van der Waals surface area contributed by atoms with E-state index in [2.05, 4.69) is 75.6 Å². The van der Waals surface area contributed by atoms with Crippen LogP contribution in [-0.4, -0.2) is 0 Å². The van der Waals surface area contributed by atoms with Gasteiger partial charge < -0.3 is 0 Å². The molecule has 0 fully saturated rings. The van der Waals surface area contributed by atoms with Crippen molar-refractivity contribution in [3.63, 3.8) is 0 Å². The van der Waals surface area contributed by atoms with Gasteiger partial charge in [0.1, 0.15) is 0 Å². The first-order valence-electron chi connectivity index (χ1n) is 8.32. The Hall–Kier alpha value is -2.70. The molecule has 0 aliphatic carbocycles. The van der Waals surface area contributed by atoms with E-state index in [1.54, 1.807) is 0 Å². The minimum Gasteiger partial charge on any atom is -0.101 e. The van der Waals surface area contributed by atoms with Crippen LogP contribution >= 0.6 is 0 Å². The summed E-state index contributed by atoms with van der Waals surface area (Å²) in [5, 5.41) is 4.97. The van der Waals surface area contributed by atoms with Gasteiger partial charge in [-0.2, -0.15) is 0 Å². The Balaban J connectivity index is 2.82. The molecule has 3 aromatic carbocycles. The van der Waals surface area contributed by atoms with Crippen LogP contribution in [0.15, 0.2) is 24.3 Å². The molecule has 118 valence electrons. The molecule has 0 heterocycles. The van der Waals surface area contributed by atoms with E-state index in [0.29, 0.717) is 0 Å². The van der Waals surface area contributed by atoms with E-state index in [4.69, 9.17) is 0 Å². The van der Waals surface area contributed by atoms with Crippen molar-refractivity contribution in [1.82, 2.24) is 0 Å². The Morgan fingerprint density at radius 1 is 0.583 bits per heavy atom. The molecule has 0 aliphatic heterocycles. The molecule has 0 saturated heterocycles. The van der Waals surface area contributed by atoms with Crippen molar-refractivity contribution in [3.05, 3.63) is 57.6 Å². The fourth-order valence-electron chi connectivity index (χ4n) is 3.57. The predicted octanol–water partition coefficient (Wildman–Crippen LogP) is 5.97. The van der Waals surface area contributed by atoms with Crippen molar-refractivity contribution >= 4 is 21.5 Å². The van der Waals surface area contributed by atoms with Crippen molar-refractivity contribution in [2.45, 2.75) is 41.5 Å². The number of hydrogen-bond donors (Lipinski definition) is 0. The lowest BCUT2D eigenvalue weighted by Gasteiger charge is -2.17. The molecule has 0 amide bonds. The van der Waals surface area contributed by atoms with Crippen LogP contribution in [0.1, 0.15) is 47.2 Å². The lowest BCUT2D eigenvalue weighted by atomic mass is 9.85. The van der Waals surface area contributed by atoms with Crippen LogP contribution in [0, 0.1) is 51.4 Å². The van der Waals surface area contributed by atoms with Crippen molar-refractivity contribution in [3.8, 4) is 23.7 Å². The summed E-state index contributed by atoms with van der Waals surface area (Å²) < 4.78 is 0. The second-order valence-corrected chi connectivity index (χ2v) is 6.38. The minimum atomic E-state index is 1.13. The van der Waals surface area contributed by atoms with Gasteiger partial charge in [0.2, 0.25) is 0 Å². The van der Waals surface area contributed by atoms with Gasteiger partial charge in [0.15, 0.2) is 0 Å². The van der Waals surface area contributed by atoms with Crippen LogP contribution in [0.25, 0.3) is 21.5 Å². The standard InChI is InChI=1S/C24H22/c1-7-9-19-20-14-13-15(3)18(6)24(20)21(10-8-2)23-17(5)12-11-16(4)22(19)23/h11-14H,1-6H3. The second-order valence-electron chi connectivity index (χ2n) is 6.38. The maximum atomic E-state index is 3.40. The van der Waals surface area contributed by atoms with Gasteiger partial charge in [-0.05, 0) is 69.2 Å². The van der Waals surface area contributed by atoms with Gasteiger partial charge in [0, 0.05) is 27.3 Å². The summed E-state index contributed by atoms with van der Waals surface area (Å²) in [6.07, 6.45) is 0. The lowest BCUT2D eigenvalue weighted by Crippen LogP contribution is -1.97. The van der Waals surface area contributed by atoms with E-state index in [0.717, 1.165) is 11.1 Å². The van der Waals surface area contributed by atoms with Crippen LogP contribution in [0.4, 0.5) is 0 Å². The van der Waals surface area contributed by atoms with Gasteiger partial charge >= 0.3 is 0 Å². The third-order valence-electron chi connectivity index (χ3n) is 4.88. The number of hydrogen-bond acceptors (Lipinski definition) is 0. The number of rotatable bonds is 0. The molecule has 0 aliphatic rings. The van der Waals surface area contributed by atoms with Crippen LogP contribution < -0.4 is 0 Å². The highest BCUT2D eigenvalue weighted by Crippen LogP contribution is 2.38. The first-order chi connectivity index (χ1) is 11.5. The Morgan fingerprint density at radius 2 is 1.08 bits per heavy atom. The number of aryl methyl sites for hydroxylation is 4. The fraction of sp³-hybridized carbons (Fsp3) is 0.250. The van der Waals surface area contributed by atoms with Crippen LogP contribution in [0.3, 0.4) is 0 Å². The highest BCUT2D eigenvalue weighted by molar-refractivity contribution is 6.13. The zero-order valence-electron chi connectivity index (χ0n) is 15.3. The van der Waals surface area contributed by atoms with Gasteiger partial charge in [-0.25, -0.2) is 0 Å². The van der Waals surface area contributed by atoms with E-state index in [1.165, 1.54) is 43.8 Å². The molecule has 3 rings (SSSR count). The number of fused-ring (bicyclic) bond motifs is 2. The van der Waals surface area contributed by atoms with E-state index in [1.807, 2.05) is 13.8 Å². The predicted molar refractivity (Wildman–Crippen MR) is 106 cm³/mol. The Morgan fingerprint density at radius 3 is 1.67 bits per heavy atom. The van der Waals surface area contributed by atoms with Gasteiger partial charge in [0.05, 0.1) is 0 Å². The molecule has 0 unspecified atom stereocenters. The summed E-state index contributed by atoms with van der Waals surface area (Å²) in [5.74, 6) is 13.0. The molecule has 0 nitrogen and oxygen atoms in total. The molecule has 0 bridgehead atoms. The van der Waals surface area contributed by atoms with Gasteiger partial charge in [0.25, 0.3) is 0 Å². The van der Waals surface area contributed by atoms with Gasteiger partial charge in [-0.15, -0.1) is 11.8 Å². The second kappa shape index (κ2) is 6.07. The van der Waals surface area contributed by atoms with Gasteiger partial charge in [-0.1, -0.05) is 36.1 Å². The van der Waals surface area contributed by atoms with Crippen LogP contribution in [0.2, 0.25) is 0 Å². The van der Waals surface area contributed by atoms with E-state index >= 15 is 0 Å². The summed E-state index contributed by atoms with van der Waals surface area (Å²) >= 11 is 0. The number of benzene rings is 3. The van der Waals surface area contributed by atoms with Crippen LogP contribution in [0.5, 0.6) is 0 Å². The van der Waals surface area contributed by atoms with Crippen molar-refractivity contribution in [2.24, 2.45) is 0 Å². The molecule has 0 spiro atoms. The third kappa shape index (κ3) is 2.28. The highest BCUT2D eigenvalue weighted by Gasteiger charge is 2.17. The zero-order valence-corrected chi connectivity index (χ0v) is 15.3. The molecule has 0 aromatic heterocycles. The average Bonchev–Trinajstić information content (AvgIpc) is 2.56. The average molecular weight is 310 g/mol. The van der Waals surface area contributed by atoms with Gasteiger partial charge in [-0.3, -0.25) is 0 Å². The maximum Gasteiger partial charge on any atom is 0.0408 e. The molecule has 0 heteroatoms. The minimum absolute atomic E-state index is 1.13. The largest absolute Gasteiger partial charge is 0.101 e. The maximum absolute atomic E-state index is 3.40. The summed E-state index contributed by atoms with van der Waals surface area (Å²) in [7, 11) is 0. The zero-order chi connectivity index (χ0) is 17.4. The molecule has 24 heavy (non-hydrogen) atoms. The third-order valence-corrected chi connectivity index (χ3v) is 4.88. The first-order valence-corrected chi connectivity index (χ1v) is 8.32. The first kappa shape index (κ1) is 16.2. The molecule has 0 radical (unpaired) electrons. The molecular formula is C24H22. The van der Waals surface area contributed by atoms with E-state index in [9.17, 15) is 0 Å². The Labute approximate surface area is 144 Å². The highest BCUT2D eigenvalue weighted by atomic mass is 14.2. The van der Waals surface area contributed by atoms with E-state index < -0.39 is 0 Å². The van der Waals surface area contributed by atoms with Crippen LogP contribution in [-0.2, 0) is 0 Å². The Kier molecular flexibility index (Phi) is 4.09. The van der Waals surface area contributed by atoms with E-state index in [-0.39, 0.29) is 0 Å². The normalized spacial score (nSPS) is 10.2. The SMILES string of the molecule is CC#Cc1c2ccc(C)c(C)c2c(C#CC)c2c(C)ccc(C)c12. The molecule has 3 aromatic rings. The lowest BCUT2D eigenvalue weighted by molar-refractivity contribution is 1.37. The summed E-state index contributed by atoms with van der Waals surface area (Å²) in [6.45, 7) is 12.5. The molecule has 0 saturated carbocycles. The topological polar surface area (TPSA) is 0 Å².